The average Bonchev–Trinajstić information content (AvgIpc) is 2.47. The van der Waals surface area contributed by atoms with Gasteiger partial charge < -0.3 is 9.47 Å². The Kier molecular flexibility index (Phi) is 3.23. The van der Waals surface area contributed by atoms with Gasteiger partial charge in [0, 0.05) is 24.3 Å². The Balaban J connectivity index is 1.78. The molecule has 4 heteroatoms. The van der Waals surface area contributed by atoms with Crippen molar-refractivity contribution in [3.05, 3.63) is 23.8 Å². The van der Waals surface area contributed by atoms with Crippen molar-refractivity contribution in [2.75, 3.05) is 13.2 Å². The monoisotopic (exact) mass is 260 g/mol. The van der Waals surface area contributed by atoms with E-state index in [9.17, 15) is 9.59 Å². The van der Waals surface area contributed by atoms with Gasteiger partial charge in [-0.15, -0.1) is 0 Å². The Morgan fingerprint density at radius 2 is 1.74 bits per heavy atom. The van der Waals surface area contributed by atoms with Crippen LogP contribution in [0.4, 0.5) is 0 Å². The largest absolute Gasteiger partial charge is 0.486 e. The van der Waals surface area contributed by atoms with Crippen molar-refractivity contribution >= 4 is 11.6 Å². The van der Waals surface area contributed by atoms with Crippen molar-refractivity contribution in [3.8, 4) is 11.5 Å². The molecular weight excluding hydrogens is 244 g/mol. The topological polar surface area (TPSA) is 52.6 Å². The number of benzene rings is 1. The lowest BCUT2D eigenvalue weighted by molar-refractivity contribution is -0.120. The lowest BCUT2D eigenvalue weighted by Gasteiger charge is -2.22. The Labute approximate surface area is 111 Å². The van der Waals surface area contributed by atoms with Gasteiger partial charge in [0.15, 0.2) is 17.3 Å². The normalized spacial score (nSPS) is 19.3. The first-order valence-corrected chi connectivity index (χ1v) is 6.69. The van der Waals surface area contributed by atoms with E-state index in [2.05, 4.69) is 0 Å². The predicted molar refractivity (Wildman–Crippen MR) is 68.7 cm³/mol. The molecule has 100 valence electrons. The summed E-state index contributed by atoms with van der Waals surface area (Å²) >= 11 is 0. The van der Waals surface area contributed by atoms with Crippen LogP contribution in [0, 0.1) is 5.92 Å². The summed E-state index contributed by atoms with van der Waals surface area (Å²) in [5.41, 5.74) is 0.656. The standard InChI is InChI=1S/C15H16O4/c16-12-4-1-10(2-5-12)15(17)11-3-6-13-14(9-11)19-8-7-18-13/h3,6,9-10H,1-2,4-5,7-8H2. The van der Waals surface area contributed by atoms with Gasteiger partial charge in [0.1, 0.15) is 19.0 Å². The van der Waals surface area contributed by atoms with Crippen molar-refractivity contribution < 1.29 is 19.1 Å². The average molecular weight is 260 g/mol. The minimum absolute atomic E-state index is 0.0275. The van der Waals surface area contributed by atoms with E-state index >= 15 is 0 Å². The van der Waals surface area contributed by atoms with Crippen LogP contribution in [0.1, 0.15) is 36.0 Å². The number of hydrogen-bond donors (Lipinski definition) is 0. The van der Waals surface area contributed by atoms with E-state index in [0.29, 0.717) is 56.0 Å². The Bertz CT molecular complexity index is 511. The van der Waals surface area contributed by atoms with E-state index in [1.165, 1.54) is 0 Å². The highest BCUT2D eigenvalue weighted by Crippen LogP contribution is 2.33. The van der Waals surface area contributed by atoms with Crippen molar-refractivity contribution in [3.63, 3.8) is 0 Å². The van der Waals surface area contributed by atoms with E-state index in [1.54, 1.807) is 18.2 Å². The molecule has 1 heterocycles. The third kappa shape index (κ3) is 2.48. The Morgan fingerprint density at radius 3 is 2.47 bits per heavy atom. The van der Waals surface area contributed by atoms with Gasteiger partial charge >= 0.3 is 0 Å². The second-order valence-corrected chi connectivity index (χ2v) is 5.04. The molecule has 0 radical (unpaired) electrons. The minimum Gasteiger partial charge on any atom is -0.486 e. The summed E-state index contributed by atoms with van der Waals surface area (Å²) in [7, 11) is 0. The van der Waals surface area contributed by atoms with Crippen LogP contribution in [0.25, 0.3) is 0 Å². The van der Waals surface area contributed by atoms with Gasteiger partial charge in [0.05, 0.1) is 0 Å². The first-order chi connectivity index (χ1) is 9.24. The second-order valence-electron chi connectivity index (χ2n) is 5.04. The predicted octanol–water partition coefficient (Wildman–Crippen LogP) is 2.40. The van der Waals surface area contributed by atoms with Crippen LogP contribution in [0.5, 0.6) is 11.5 Å². The molecule has 0 spiro atoms. The lowest BCUT2D eigenvalue weighted by Crippen LogP contribution is -2.22. The van der Waals surface area contributed by atoms with Crippen LogP contribution in [0.15, 0.2) is 18.2 Å². The number of hydrogen-bond acceptors (Lipinski definition) is 4. The maximum absolute atomic E-state index is 12.4. The van der Waals surface area contributed by atoms with Crippen LogP contribution in [0.2, 0.25) is 0 Å². The van der Waals surface area contributed by atoms with Crippen LogP contribution in [0.3, 0.4) is 0 Å². The third-order valence-electron chi connectivity index (χ3n) is 3.74. The number of ketones is 2. The quantitative estimate of drug-likeness (QED) is 0.766. The fourth-order valence-electron chi connectivity index (χ4n) is 2.63. The molecule has 1 fully saturated rings. The minimum atomic E-state index is -0.0275. The molecule has 3 rings (SSSR count). The van der Waals surface area contributed by atoms with E-state index in [1.807, 2.05) is 0 Å². The van der Waals surface area contributed by atoms with Crippen LogP contribution in [-0.2, 0) is 4.79 Å². The summed E-state index contributed by atoms with van der Waals surface area (Å²) in [6.45, 7) is 1.06. The van der Waals surface area contributed by atoms with E-state index < -0.39 is 0 Å². The van der Waals surface area contributed by atoms with Gasteiger partial charge in [-0.3, -0.25) is 9.59 Å². The first kappa shape index (κ1) is 12.2. The summed E-state index contributed by atoms with van der Waals surface area (Å²) in [4.78, 5) is 23.6. The number of ether oxygens (including phenoxy) is 2. The molecule has 0 N–H and O–H groups in total. The van der Waals surface area contributed by atoms with E-state index in [-0.39, 0.29) is 17.5 Å². The SMILES string of the molecule is O=C1CCC(C(=O)c2ccc3c(c2)OCCO3)CC1. The molecule has 0 unspecified atom stereocenters. The van der Waals surface area contributed by atoms with E-state index in [4.69, 9.17) is 9.47 Å². The van der Waals surface area contributed by atoms with Crippen molar-refractivity contribution in [1.82, 2.24) is 0 Å². The summed E-state index contributed by atoms with van der Waals surface area (Å²) in [5, 5.41) is 0. The fraction of sp³-hybridized carbons (Fsp3) is 0.467. The van der Waals surface area contributed by atoms with E-state index in [0.717, 1.165) is 0 Å². The molecule has 0 bridgehead atoms. The highest BCUT2D eigenvalue weighted by atomic mass is 16.6. The Hall–Kier alpha value is -1.84. The number of rotatable bonds is 2. The summed E-state index contributed by atoms with van der Waals surface area (Å²) in [5.74, 6) is 1.70. The molecule has 0 atom stereocenters. The molecule has 1 aromatic carbocycles. The maximum Gasteiger partial charge on any atom is 0.166 e. The lowest BCUT2D eigenvalue weighted by atomic mass is 9.83. The highest BCUT2D eigenvalue weighted by molar-refractivity contribution is 5.99. The van der Waals surface area contributed by atoms with Gasteiger partial charge in [0.25, 0.3) is 0 Å². The molecule has 0 aromatic heterocycles. The molecule has 1 saturated carbocycles. The van der Waals surface area contributed by atoms with Crippen LogP contribution in [-0.4, -0.2) is 24.8 Å². The molecule has 2 aliphatic rings. The van der Waals surface area contributed by atoms with Gasteiger partial charge in [0.2, 0.25) is 0 Å². The Morgan fingerprint density at radius 1 is 1.05 bits per heavy atom. The molecular formula is C15H16O4. The summed E-state index contributed by atoms with van der Waals surface area (Å²) in [6.07, 6.45) is 2.40. The van der Waals surface area contributed by atoms with Crippen molar-refractivity contribution in [2.24, 2.45) is 5.92 Å². The maximum atomic E-state index is 12.4. The van der Waals surface area contributed by atoms with Crippen LogP contribution < -0.4 is 9.47 Å². The molecule has 4 nitrogen and oxygen atoms in total. The molecule has 0 saturated heterocycles. The third-order valence-corrected chi connectivity index (χ3v) is 3.74. The number of fused-ring (bicyclic) bond motifs is 1. The zero-order valence-electron chi connectivity index (χ0n) is 10.7. The molecule has 1 aliphatic carbocycles. The van der Waals surface area contributed by atoms with Gasteiger partial charge in [-0.25, -0.2) is 0 Å². The number of carbonyl (C=O) groups excluding carboxylic acids is 2. The molecule has 1 aromatic rings. The van der Waals surface area contributed by atoms with Crippen molar-refractivity contribution in [2.45, 2.75) is 25.7 Å². The number of carbonyl (C=O) groups is 2. The molecule has 1 aliphatic heterocycles. The summed E-state index contributed by atoms with van der Waals surface area (Å²) < 4.78 is 10.9. The summed E-state index contributed by atoms with van der Waals surface area (Å²) in [6, 6.07) is 5.33. The smallest absolute Gasteiger partial charge is 0.166 e. The zero-order chi connectivity index (χ0) is 13.2. The molecule has 19 heavy (non-hydrogen) atoms. The van der Waals surface area contributed by atoms with Gasteiger partial charge in [-0.2, -0.15) is 0 Å². The van der Waals surface area contributed by atoms with Gasteiger partial charge in [-0.1, -0.05) is 0 Å². The first-order valence-electron chi connectivity index (χ1n) is 6.69. The molecule has 0 amide bonds. The van der Waals surface area contributed by atoms with Crippen LogP contribution >= 0.6 is 0 Å². The number of Topliss-reactive ketones (excluding diaryl/α,β-unsaturated/α-hetero) is 2. The zero-order valence-corrected chi connectivity index (χ0v) is 10.7. The second kappa shape index (κ2) is 5.03. The van der Waals surface area contributed by atoms with Crippen molar-refractivity contribution in [1.29, 1.82) is 0 Å². The highest BCUT2D eigenvalue weighted by Gasteiger charge is 2.26. The van der Waals surface area contributed by atoms with Gasteiger partial charge in [-0.05, 0) is 31.0 Å². The fourth-order valence-corrected chi connectivity index (χ4v) is 2.63.